The van der Waals surface area contributed by atoms with Crippen molar-refractivity contribution in [2.24, 2.45) is 0 Å². The van der Waals surface area contributed by atoms with E-state index < -0.39 is 0 Å². The van der Waals surface area contributed by atoms with E-state index in [0.717, 1.165) is 44.6 Å². The van der Waals surface area contributed by atoms with Crippen molar-refractivity contribution in [3.63, 3.8) is 0 Å². The van der Waals surface area contributed by atoms with E-state index in [2.05, 4.69) is 205 Å². The fourth-order valence-electron chi connectivity index (χ4n) is 10.6. The van der Waals surface area contributed by atoms with Crippen LogP contribution in [0.4, 0.5) is 17.1 Å². The second-order valence-electron chi connectivity index (χ2n) is 17.0. The van der Waals surface area contributed by atoms with Gasteiger partial charge in [-0.1, -0.05) is 189 Å². The number of hydrogen-bond acceptors (Lipinski definition) is 2. The summed E-state index contributed by atoms with van der Waals surface area (Å²) in [6.07, 6.45) is 6.45. The molecule has 1 aliphatic carbocycles. The van der Waals surface area contributed by atoms with E-state index in [9.17, 15) is 0 Å². The molecule has 10 aromatic carbocycles. The molecule has 0 atom stereocenters. The SMILES string of the molecule is c1ccc(N(c2ccc(-c3cccc4oc5ccccc5c34)cc2)c2ccccc2-c2cccc3cccc(C4CCCCC4)c23)c(-c2cccc3c2ccc2ccccc23)c1. The van der Waals surface area contributed by atoms with E-state index in [-0.39, 0.29) is 0 Å². The van der Waals surface area contributed by atoms with Crippen LogP contribution < -0.4 is 4.90 Å². The summed E-state index contributed by atoms with van der Waals surface area (Å²) in [6.45, 7) is 0. The minimum atomic E-state index is 0.573. The maximum absolute atomic E-state index is 6.33. The van der Waals surface area contributed by atoms with E-state index >= 15 is 0 Å². The molecule has 1 heterocycles. The van der Waals surface area contributed by atoms with E-state index in [0.29, 0.717) is 5.92 Å². The van der Waals surface area contributed by atoms with Crippen LogP contribution in [0.5, 0.6) is 0 Å². The van der Waals surface area contributed by atoms with Crippen molar-refractivity contribution >= 4 is 71.3 Å². The van der Waals surface area contributed by atoms with Crippen LogP contribution in [0.1, 0.15) is 43.6 Å². The molecule has 11 aromatic rings. The molecule has 1 fully saturated rings. The number of furan rings is 1. The van der Waals surface area contributed by atoms with Gasteiger partial charge in [0.1, 0.15) is 11.2 Å². The lowest BCUT2D eigenvalue weighted by molar-refractivity contribution is 0.445. The van der Waals surface area contributed by atoms with Crippen molar-refractivity contribution in [2.45, 2.75) is 38.0 Å². The standard InChI is InChI=1S/C60H45NO/c1-2-16-40(17-3-1)46-25-12-19-43-20-13-29-53(59(43)46)52-23-7-10-31-56(52)61(44-37-34-42(35-38-44)47-26-15-33-58-60(47)54-24-8-11-32-57(54)62-58)55-30-9-6-22-51(55)49-28-14-27-48-45-21-5-4-18-41(45)36-39-50(48)49/h4-15,18-40H,1-3,16-17H2. The molecule has 0 unspecified atom stereocenters. The van der Waals surface area contributed by atoms with Gasteiger partial charge in [-0.2, -0.15) is 0 Å². The number of fused-ring (bicyclic) bond motifs is 7. The highest BCUT2D eigenvalue weighted by atomic mass is 16.3. The molecule has 0 radical (unpaired) electrons. The first kappa shape index (κ1) is 36.4. The molecule has 0 aliphatic heterocycles. The summed E-state index contributed by atoms with van der Waals surface area (Å²) < 4.78 is 6.33. The lowest BCUT2D eigenvalue weighted by atomic mass is 9.80. The van der Waals surface area contributed by atoms with Crippen LogP contribution in [0.15, 0.2) is 211 Å². The smallest absolute Gasteiger partial charge is 0.136 e. The van der Waals surface area contributed by atoms with E-state index in [1.165, 1.54) is 97.8 Å². The molecular weight excluding hydrogens is 751 g/mol. The minimum Gasteiger partial charge on any atom is -0.456 e. The Bertz CT molecular complexity index is 3450. The Hall–Kier alpha value is -7.42. The topological polar surface area (TPSA) is 16.4 Å². The largest absolute Gasteiger partial charge is 0.456 e. The van der Waals surface area contributed by atoms with Gasteiger partial charge in [0.25, 0.3) is 0 Å². The van der Waals surface area contributed by atoms with Crippen molar-refractivity contribution < 1.29 is 4.42 Å². The van der Waals surface area contributed by atoms with Crippen LogP contribution in [0.3, 0.4) is 0 Å². The number of anilines is 3. The van der Waals surface area contributed by atoms with Gasteiger partial charge in [-0.15, -0.1) is 0 Å². The maximum atomic E-state index is 6.33. The van der Waals surface area contributed by atoms with Gasteiger partial charge in [0.2, 0.25) is 0 Å². The molecule has 62 heavy (non-hydrogen) atoms. The third-order valence-corrected chi connectivity index (χ3v) is 13.5. The predicted octanol–water partition coefficient (Wildman–Crippen LogP) is 17.6. The van der Waals surface area contributed by atoms with Crippen LogP contribution in [-0.4, -0.2) is 0 Å². The Morgan fingerprint density at radius 3 is 1.76 bits per heavy atom. The summed E-state index contributed by atoms with van der Waals surface area (Å²) >= 11 is 0. The first-order chi connectivity index (χ1) is 30.8. The molecule has 0 bridgehead atoms. The Balaban J connectivity index is 1.09. The second kappa shape index (κ2) is 15.2. The second-order valence-corrected chi connectivity index (χ2v) is 17.0. The summed E-state index contributed by atoms with van der Waals surface area (Å²) in [4.78, 5) is 2.50. The lowest BCUT2D eigenvalue weighted by Crippen LogP contribution is -2.12. The molecular formula is C60H45NO. The quantitative estimate of drug-likeness (QED) is 0.149. The average molecular weight is 796 g/mol. The van der Waals surface area contributed by atoms with Crippen LogP contribution >= 0.6 is 0 Å². The molecule has 2 nitrogen and oxygen atoms in total. The van der Waals surface area contributed by atoms with Gasteiger partial charge in [-0.3, -0.25) is 0 Å². The first-order valence-electron chi connectivity index (χ1n) is 22.2. The normalized spacial score (nSPS) is 13.4. The monoisotopic (exact) mass is 795 g/mol. The summed E-state index contributed by atoms with van der Waals surface area (Å²) in [5, 5.41) is 10.0. The number of benzene rings is 10. The Morgan fingerprint density at radius 1 is 0.355 bits per heavy atom. The van der Waals surface area contributed by atoms with Crippen LogP contribution in [0.25, 0.3) is 87.6 Å². The molecule has 1 aromatic heterocycles. The molecule has 2 heteroatoms. The van der Waals surface area contributed by atoms with Crippen LogP contribution in [0.2, 0.25) is 0 Å². The Kier molecular flexibility index (Phi) is 8.96. The highest BCUT2D eigenvalue weighted by molar-refractivity contribution is 6.14. The van der Waals surface area contributed by atoms with Crippen molar-refractivity contribution in [1.29, 1.82) is 0 Å². The highest BCUT2D eigenvalue weighted by Gasteiger charge is 2.25. The van der Waals surface area contributed by atoms with Crippen molar-refractivity contribution in [3.8, 4) is 33.4 Å². The number of rotatable bonds is 7. The third kappa shape index (κ3) is 6.09. The van der Waals surface area contributed by atoms with Gasteiger partial charge in [0, 0.05) is 27.6 Å². The van der Waals surface area contributed by atoms with Gasteiger partial charge in [-0.05, 0) is 115 Å². The first-order valence-corrected chi connectivity index (χ1v) is 22.2. The number of hydrogen-bond donors (Lipinski definition) is 0. The zero-order valence-corrected chi connectivity index (χ0v) is 34.6. The highest BCUT2D eigenvalue weighted by Crippen LogP contribution is 2.49. The molecule has 1 aliphatic rings. The van der Waals surface area contributed by atoms with E-state index in [1.807, 2.05) is 6.07 Å². The molecule has 1 saturated carbocycles. The van der Waals surface area contributed by atoms with E-state index in [4.69, 9.17) is 4.42 Å². The van der Waals surface area contributed by atoms with Gasteiger partial charge in [0.15, 0.2) is 0 Å². The Labute approximate surface area is 362 Å². The summed E-state index contributed by atoms with van der Waals surface area (Å²) in [6, 6.07) is 75.9. The van der Waals surface area contributed by atoms with Crippen LogP contribution in [0, 0.1) is 0 Å². The van der Waals surface area contributed by atoms with Gasteiger partial charge < -0.3 is 9.32 Å². The number of nitrogens with zero attached hydrogens (tertiary/aromatic N) is 1. The van der Waals surface area contributed by atoms with Crippen molar-refractivity contribution in [1.82, 2.24) is 0 Å². The molecule has 0 N–H and O–H groups in total. The molecule has 296 valence electrons. The van der Waals surface area contributed by atoms with Gasteiger partial charge >= 0.3 is 0 Å². The fourth-order valence-corrected chi connectivity index (χ4v) is 10.6. The minimum absolute atomic E-state index is 0.573. The van der Waals surface area contributed by atoms with Crippen molar-refractivity contribution in [2.75, 3.05) is 4.90 Å². The zero-order chi connectivity index (χ0) is 41.0. The van der Waals surface area contributed by atoms with Gasteiger partial charge in [-0.25, -0.2) is 0 Å². The predicted molar refractivity (Wildman–Crippen MR) is 263 cm³/mol. The maximum Gasteiger partial charge on any atom is 0.136 e. The van der Waals surface area contributed by atoms with E-state index in [1.54, 1.807) is 0 Å². The fraction of sp³-hybridized carbons (Fsp3) is 0.100. The summed E-state index contributed by atoms with van der Waals surface area (Å²) in [5.74, 6) is 0.573. The molecule has 12 rings (SSSR count). The zero-order valence-electron chi connectivity index (χ0n) is 34.6. The van der Waals surface area contributed by atoms with Crippen molar-refractivity contribution in [3.05, 3.63) is 212 Å². The summed E-state index contributed by atoms with van der Waals surface area (Å²) in [5.41, 5.74) is 13.9. The summed E-state index contributed by atoms with van der Waals surface area (Å²) in [7, 11) is 0. The van der Waals surface area contributed by atoms with Gasteiger partial charge in [0.05, 0.1) is 11.4 Å². The van der Waals surface area contributed by atoms with Crippen LogP contribution in [-0.2, 0) is 0 Å². The molecule has 0 amide bonds. The Morgan fingerprint density at radius 2 is 0.935 bits per heavy atom. The average Bonchev–Trinajstić information content (AvgIpc) is 3.74. The molecule has 0 saturated heterocycles. The number of para-hydroxylation sites is 3. The lowest BCUT2D eigenvalue weighted by Gasteiger charge is -2.31. The third-order valence-electron chi connectivity index (χ3n) is 13.5. The molecule has 0 spiro atoms.